The van der Waals surface area contributed by atoms with E-state index >= 15 is 0 Å². The summed E-state index contributed by atoms with van der Waals surface area (Å²) in [6, 6.07) is 14.1. The number of amides is 1. The summed E-state index contributed by atoms with van der Waals surface area (Å²) in [4.78, 5) is 33.4. The summed E-state index contributed by atoms with van der Waals surface area (Å²) in [6.45, 7) is 5.75. The molecule has 0 spiro atoms. The first-order valence-corrected chi connectivity index (χ1v) is 11.6. The molecule has 1 saturated heterocycles. The Morgan fingerprint density at radius 3 is 2.59 bits per heavy atom. The number of ether oxygens (including phenoxy) is 1. The summed E-state index contributed by atoms with van der Waals surface area (Å²) in [5, 5.41) is 12.6. The van der Waals surface area contributed by atoms with Gasteiger partial charge in [0.25, 0.3) is 5.91 Å². The molecular weight excluding hydrogens is 432 g/mol. The standard InChI is InChI=1S/C26H30N4O4/c1-18-15-20(7-10-24(18)31)23-16-22(28-26(33)29-23)19-5-8-21(9-6-19)34-17-25(32)27-11-4-14-30-12-2-3-13-30/h5-10,15-16,31H,2-4,11-14,17H2,1H3,(H,27,32)(H,28,29,33). The fourth-order valence-electron chi connectivity index (χ4n) is 4.04. The number of hydrogen-bond acceptors (Lipinski definition) is 6. The van der Waals surface area contributed by atoms with Crippen LogP contribution in [0, 0.1) is 6.92 Å². The molecule has 1 fully saturated rings. The van der Waals surface area contributed by atoms with Gasteiger partial charge in [-0.1, -0.05) is 0 Å². The van der Waals surface area contributed by atoms with Gasteiger partial charge in [0, 0.05) is 12.1 Å². The maximum Gasteiger partial charge on any atom is 0.345 e. The number of phenolic OH excluding ortho intramolecular Hbond substituents is 1. The fourth-order valence-corrected chi connectivity index (χ4v) is 4.04. The van der Waals surface area contributed by atoms with Gasteiger partial charge in [0.2, 0.25) is 0 Å². The molecule has 4 rings (SSSR count). The molecule has 2 aromatic carbocycles. The molecule has 1 aliphatic heterocycles. The highest BCUT2D eigenvalue weighted by Gasteiger charge is 2.11. The molecule has 2 heterocycles. The average Bonchev–Trinajstić information content (AvgIpc) is 3.36. The Morgan fingerprint density at radius 1 is 1.12 bits per heavy atom. The number of carbonyl (C=O) groups excluding carboxylic acids is 1. The number of aromatic hydroxyl groups is 1. The van der Waals surface area contributed by atoms with Crippen molar-refractivity contribution in [1.82, 2.24) is 20.2 Å². The van der Waals surface area contributed by atoms with E-state index in [2.05, 4.69) is 20.2 Å². The molecule has 178 valence electrons. The Balaban J connectivity index is 1.32. The average molecular weight is 463 g/mol. The number of rotatable bonds is 9. The minimum absolute atomic E-state index is 0.0422. The number of hydrogen-bond donors (Lipinski definition) is 3. The molecule has 0 saturated carbocycles. The van der Waals surface area contributed by atoms with Crippen molar-refractivity contribution in [2.75, 3.05) is 32.8 Å². The van der Waals surface area contributed by atoms with Crippen molar-refractivity contribution in [1.29, 1.82) is 0 Å². The minimum atomic E-state index is -0.458. The number of H-pyrrole nitrogens is 1. The van der Waals surface area contributed by atoms with Crippen molar-refractivity contribution in [3.8, 4) is 34.0 Å². The Bertz CT molecular complexity index is 1180. The summed E-state index contributed by atoms with van der Waals surface area (Å²) in [7, 11) is 0. The zero-order valence-corrected chi connectivity index (χ0v) is 19.3. The van der Waals surface area contributed by atoms with Crippen LogP contribution in [0.25, 0.3) is 22.5 Å². The minimum Gasteiger partial charge on any atom is -0.508 e. The highest BCUT2D eigenvalue weighted by atomic mass is 16.5. The molecule has 3 N–H and O–H groups in total. The molecule has 34 heavy (non-hydrogen) atoms. The summed E-state index contributed by atoms with van der Waals surface area (Å²) in [6.07, 6.45) is 3.49. The van der Waals surface area contributed by atoms with Gasteiger partial charge < -0.3 is 25.0 Å². The molecule has 0 aliphatic carbocycles. The number of nitrogens with one attached hydrogen (secondary N) is 2. The van der Waals surface area contributed by atoms with E-state index < -0.39 is 5.69 Å². The number of phenols is 1. The third kappa shape index (κ3) is 6.23. The van der Waals surface area contributed by atoms with Crippen LogP contribution >= 0.6 is 0 Å². The van der Waals surface area contributed by atoms with Crippen molar-refractivity contribution in [2.45, 2.75) is 26.2 Å². The Hall–Kier alpha value is -3.65. The number of aryl methyl sites for hydroxylation is 1. The van der Waals surface area contributed by atoms with Crippen LogP contribution in [-0.2, 0) is 4.79 Å². The van der Waals surface area contributed by atoms with Crippen molar-refractivity contribution >= 4 is 5.91 Å². The molecule has 1 aromatic heterocycles. The van der Waals surface area contributed by atoms with Crippen molar-refractivity contribution in [2.24, 2.45) is 0 Å². The second-order valence-electron chi connectivity index (χ2n) is 8.55. The van der Waals surface area contributed by atoms with Gasteiger partial charge in [-0.2, -0.15) is 4.98 Å². The van der Waals surface area contributed by atoms with E-state index in [9.17, 15) is 14.7 Å². The van der Waals surface area contributed by atoms with Gasteiger partial charge in [0.15, 0.2) is 6.61 Å². The number of nitrogens with zero attached hydrogens (tertiary/aromatic N) is 2. The normalized spacial score (nSPS) is 13.7. The van der Waals surface area contributed by atoms with E-state index in [1.807, 2.05) is 12.1 Å². The van der Waals surface area contributed by atoms with Gasteiger partial charge in [0.05, 0.1) is 11.4 Å². The van der Waals surface area contributed by atoms with Crippen LogP contribution in [0.5, 0.6) is 11.5 Å². The van der Waals surface area contributed by atoms with Crippen LogP contribution < -0.4 is 15.7 Å². The highest BCUT2D eigenvalue weighted by molar-refractivity contribution is 5.77. The maximum absolute atomic E-state index is 12.1. The summed E-state index contributed by atoms with van der Waals surface area (Å²) in [5.74, 6) is 0.625. The number of aromatic nitrogens is 2. The van der Waals surface area contributed by atoms with E-state index in [0.717, 1.165) is 37.2 Å². The van der Waals surface area contributed by atoms with Gasteiger partial charge in [-0.15, -0.1) is 0 Å². The van der Waals surface area contributed by atoms with Gasteiger partial charge in [-0.3, -0.25) is 4.79 Å². The number of benzene rings is 2. The Labute approximate surface area is 198 Å². The highest BCUT2D eigenvalue weighted by Crippen LogP contribution is 2.26. The summed E-state index contributed by atoms with van der Waals surface area (Å²) >= 11 is 0. The predicted octanol–water partition coefficient (Wildman–Crippen LogP) is 3.10. The van der Waals surface area contributed by atoms with Crippen LogP contribution in [0.1, 0.15) is 24.8 Å². The van der Waals surface area contributed by atoms with Gasteiger partial charge >= 0.3 is 5.69 Å². The van der Waals surface area contributed by atoms with Crippen LogP contribution in [0.3, 0.4) is 0 Å². The SMILES string of the molecule is Cc1cc(-c2cc(-c3ccc(OCC(=O)NCCCN4CCCC4)cc3)[nH]c(=O)n2)ccc1O. The predicted molar refractivity (Wildman–Crippen MR) is 131 cm³/mol. The van der Waals surface area contributed by atoms with Crippen molar-refractivity contribution in [3.63, 3.8) is 0 Å². The Kier molecular flexibility index (Phi) is 7.59. The molecule has 1 amide bonds. The molecule has 3 aromatic rings. The van der Waals surface area contributed by atoms with Crippen molar-refractivity contribution in [3.05, 3.63) is 64.6 Å². The second kappa shape index (κ2) is 11.0. The van der Waals surface area contributed by atoms with Gasteiger partial charge in [0.1, 0.15) is 11.5 Å². The largest absolute Gasteiger partial charge is 0.508 e. The lowest BCUT2D eigenvalue weighted by Crippen LogP contribution is -2.32. The van der Waals surface area contributed by atoms with E-state index in [1.165, 1.54) is 12.8 Å². The Morgan fingerprint density at radius 2 is 1.85 bits per heavy atom. The number of likely N-dealkylation sites (tertiary alicyclic amines) is 1. The summed E-state index contributed by atoms with van der Waals surface area (Å²) in [5.41, 5.74) is 2.91. The lowest BCUT2D eigenvalue weighted by Gasteiger charge is -2.14. The summed E-state index contributed by atoms with van der Waals surface area (Å²) < 4.78 is 5.60. The lowest BCUT2D eigenvalue weighted by atomic mass is 10.1. The first-order valence-electron chi connectivity index (χ1n) is 11.6. The first-order chi connectivity index (χ1) is 16.5. The zero-order valence-electron chi connectivity index (χ0n) is 19.3. The second-order valence-corrected chi connectivity index (χ2v) is 8.55. The van der Waals surface area contributed by atoms with Crippen LogP contribution in [0.2, 0.25) is 0 Å². The molecule has 1 aliphatic rings. The smallest absolute Gasteiger partial charge is 0.345 e. The quantitative estimate of drug-likeness (QED) is 0.422. The number of aromatic amines is 1. The van der Waals surface area contributed by atoms with Crippen LogP contribution in [0.15, 0.2) is 53.3 Å². The third-order valence-electron chi connectivity index (χ3n) is 5.94. The van der Waals surface area contributed by atoms with E-state index in [-0.39, 0.29) is 18.3 Å². The zero-order chi connectivity index (χ0) is 23.9. The molecule has 0 atom stereocenters. The topological polar surface area (TPSA) is 108 Å². The molecule has 0 bridgehead atoms. The molecule has 0 radical (unpaired) electrons. The van der Waals surface area contributed by atoms with E-state index in [0.29, 0.717) is 29.2 Å². The third-order valence-corrected chi connectivity index (χ3v) is 5.94. The first kappa shape index (κ1) is 23.5. The van der Waals surface area contributed by atoms with E-state index in [4.69, 9.17) is 4.74 Å². The van der Waals surface area contributed by atoms with E-state index in [1.54, 1.807) is 43.3 Å². The fraction of sp³-hybridized carbons (Fsp3) is 0.346. The molecular formula is C26H30N4O4. The molecule has 8 heteroatoms. The maximum atomic E-state index is 12.1. The lowest BCUT2D eigenvalue weighted by molar-refractivity contribution is -0.123. The molecule has 0 unspecified atom stereocenters. The molecule has 8 nitrogen and oxygen atoms in total. The van der Waals surface area contributed by atoms with Gasteiger partial charge in [-0.05, 0) is 105 Å². The number of carbonyl (C=O) groups is 1. The van der Waals surface area contributed by atoms with Crippen LogP contribution in [0.4, 0.5) is 0 Å². The van der Waals surface area contributed by atoms with Crippen LogP contribution in [-0.4, -0.2) is 58.7 Å². The van der Waals surface area contributed by atoms with Crippen molar-refractivity contribution < 1.29 is 14.6 Å². The van der Waals surface area contributed by atoms with Gasteiger partial charge in [-0.25, -0.2) is 4.79 Å². The monoisotopic (exact) mass is 462 g/mol.